The monoisotopic (exact) mass is 182 g/mol. The third-order valence-electron chi connectivity index (χ3n) is 2.22. The summed E-state index contributed by atoms with van der Waals surface area (Å²) in [6.45, 7) is 5.97. The minimum atomic E-state index is -0.120. The smallest absolute Gasteiger partial charge is 0.122 e. The van der Waals surface area contributed by atoms with Gasteiger partial charge in [0.05, 0.1) is 12.2 Å². The second-order valence-corrected chi connectivity index (χ2v) is 3.96. The van der Waals surface area contributed by atoms with Gasteiger partial charge in [-0.15, -0.1) is 0 Å². The van der Waals surface area contributed by atoms with Gasteiger partial charge < -0.3 is 4.74 Å². The highest BCUT2D eigenvalue weighted by Crippen LogP contribution is 2.15. The van der Waals surface area contributed by atoms with E-state index < -0.39 is 0 Å². The van der Waals surface area contributed by atoms with Gasteiger partial charge in [0.15, 0.2) is 0 Å². The molecule has 3 nitrogen and oxygen atoms in total. The van der Waals surface area contributed by atoms with Gasteiger partial charge in [0.25, 0.3) is 0 Å². The van der Waals surface area contributed by atoms with Crippen LogP contribution in [0.1, 0.15) is 26.7 Å². The average Bonchev–Trinajstić information content (AvgIpc) is 2.58. The van der Waals surface area contributed by atoms with Gasteiger partial charge in [-0.25, -0.2) is 0 Å². The second kappa shape index (κ2) is 5.21. The Kier molecular flexibility index (Phi) is 4.20. The van der Waals surface area contributed by atoms with Crippen molar-refractivity contribution in [1.82, 2.24) is 5.32 Å². The first-order valence-corrected chi connectivity index (χ1v) is 4.98. The van der Waals surface area contributed by atoms with Crippen LogP contribution in [-0.2, 0) is 4.74 Å². The van der Waals surface area contributed by atoms with E-state index >= 15 is 0 Å². The van der Waals surface area contributed by atoms with Crippen LogP contribution < -0.4 is 5.32 Å². The fourth-order valence-corrected chi connectivity index (χ4v) is 1.49. The molecule has 0 spiro atoms. The summed E-state index contributed by atoms with van der Waals surface area (Å²) in [4.78, 5) is 0. The van der Waals surface area contributed by atoms with Gasteiger partial charge >= 0.3 is 0 Å². The largest absolute Gasteiger partial charge is 0.375 e. The fourth-order valence-electron chi connectivity index (χ4n) is 1.49. The molecule has 1 aliphatic rings. The first-order chi connectivity index (χ1) is 6.24. The standard InChI is InChI=1S/C10H18N2O/c1-8(2)7-12-9(6-11)10-4-3-5-13-10/h8-10,12H,3-5,7H2,1-2H3. The lowest BCUT2D eigenvalue weighted by Gasteiger charge is -2.18. The van der Waals surface area contributed by atoms with Gasteiger partial charge in [-0.1, -0.05) is 13.8 Å². The predicted molar refractivity (Wildman–Crippen MR) is 51.2 cm³/mol. The molecule has 1 N–H and O–H groups in total. The Labute approximate surface area is 80.1 Å². The van der Waals surface area contributed by atoms with Crippen LogP contribution in [-0.4, -0.2) is 25.3 Å². The van der Waals surface area contributed by atoms with E-state index in [9.17, 15) is 0 Å². The molecule has 74 valence electrons. The van der Waals surface area contributed by atoms with Crippen molar-refractivity contribution in [2.45, 2.75) is 38.8 Å². The van der Waals surface area contributed by atoms with E-state index in [2.05, 4.69) is 25.2 Å². The summed E-state index contributed by atoms with van der Waals surface area (Å²) in [6, 6.07) is 2.14. The molecule has 1 rings (SSSR count). The zero-order chi connectivity index (χ0) is 9.68. The molecule has 3 heteroatoms. The molecule has 1 fully saturated rings. The maximum Gasteiger partial charge on any atom is 0.122 e. The molecule has 2 atom stereocenters. The first-order valence-electron chi connectivity index (χ1n) is 4.98. The van der Waals surface area contributed by atoms with Crippen molar-refractivity contribution in [3.05, 3.63) is 0 Å². The molecule has 0 bridgehead atoms. The van der Waals surface area contributed by atoms with Crippen molar-refractivity contribution in [3.63, 3.8) is 0 Å². The van der Waals surface area contributed by atoms with Crippen molar-refractivity contribution in [2.24, 2.45) is 5.92 Å². The molecular weight excluding hydrogens is 164 g/mol. The summed E-state index contributed by atoms with van der Waals surface area (Å²) in [5, 5.41) is 12.1. The first kappa shape index (κ1) is 10.5. The molecule has 0 aromatic rings. The Bertz CT molecular complexity index is 180. The van der Waals surface area contributed by atoms with Gasteiger partial charge in [0, 0.05) is 6.61 Å². The van der Waals surface area contributed by atoms with Crippen molar-refractivity contribution in [1.29, 1.82) is 5.26 Å². The van der Waals surface area contributed by atoms with Crippen LogP contribution in [0.25, 0.3) is 0 Å². The lowest BCUT2D eigenvalue weighted by molar-refractivity contribution is 0.0925. The summed E-state index contributed by atoms with van der Waals surface area (Å²) in [5.74, 6) is 0.581. The third kappa shape index (κ3) is 3.33. The summed E-state index contributed by atoms with van der Waals surface area (Å²) in [6.07, 6.45) is 2.22. The molecule has 0 aromatic carbocycles. The topological polar surface area (TPSA) is 45.0 Å². The van der Waals surface area contributed by atoms with Crippen LogP contribution in [0.2, 0.25) is 0 Å². The average molecular weight is 182 g/mol. The quantitative estimate of drug-likeness (QED) is 0.713. The van der Waals surface area contributed by atoms with Gasteiger partial charge in [0.1, 0.15) is 6.04 Å². The number of nitriles is 1. The molecule has 0 aliphatic carbocycles. The Morgan fingerprint density at radius 1 is 1.62 bits per heavy atom. The molecule has 0 aromatic heterocycles. The Morgan fingerprint density at radius 3 is 2.85 bits per heavy atom. The number of hydrogen-bond donors (Lipinski definition) is 1. The molecule has 0 radical (unpaired) electrons. The fraction of sp³-hybridized carbons (Fsp3) is 0.900. The molecule has 2 unspecified atom stereocenters. The maximum absolute atomic E-state index is 8.91. The normalized spacial score (nSPS) is 24.6. The van der Waals surface area contributed by atoms with Crippen LogP contribution in [0.3, 0.4) is 0 Å². The molecule has 13 heavy (non-hydrogen) atoms. The van der Waals surface area contributed by atoms with Gasteiger partial charge in [-0.05, 0) is 25.3 Å². The van der Waals surface area contributed by atoms with Crippen molar-refractivity contribution in [2.75, 3.05) is 13.2 Å². The highest BCUT2D eigenvalue weighted by atomic mass is 16.5. The van der Waals surface area contributed by atoms with Crippen molar-refractivity contribution >= 4 is 0 Å². The van der Waals surface area contributed by atoms with Crippen molar-refractivity contribution in [3.8, 4) is 6.07 Å². The Hall–Kier alpha value is -0.590. The maximum atomic E-state index is 8.91. The van der Waals surface area contributed by atoms with Crippen LogP contribution >= 0.6 is 0 Å². The summed E-state index contributed by atoms with van der Waals surface area (Å²) in [7, 11) is 0. The Balaban J connectivity index is 2.30. The molecule has 0 amide bonds. The zero-order valence-electron chi connectivity index (χ0n) is 8.42. The molecule has 1 aliphatic heterocycles. The predicted octanol–water partition coefficient (Wildman–Crippen LogP) is 1.30. The van der Waals surface area contributed by atoms with Gasteiger partial charge in [-0.2, -0.15) is 5.26 Å². The number of hydrogen-bond acceptors (Lipinski definition) is 3. The Morgan fingerprint density at radius 2 is 2.38 bits per heavy atom. The molecule has 1 saturated heterocycles. The summed E-state index contributed by atoms with van der Waals surface area (Å²) in [5.41, 5.74) is 0. The van der Waals surface area contributed by atoms with E-state index in [1.807, 2.05) is 0 Å². The van der Waals surface area contributed by atoms with Crippen LogP contribution in [0.15, 0.2) is 0 Å². The summed E-state index contributed by atoms with van der Waals surface area (Å²) < 4.78 is 5.45. The molecule has 0 saturated carbocycles. The van der Waals surface area contributed by atoms with E-state index in [1.54, 1.807) is 0 Å². The SMILES string of the molecule is CC(C)CNC(C#N)C1CCCO1. The second-order valence-electron chi connectivity index (χ2n) is 3.96. The highest BCUT2D eigenvalue weighted by Gasteiger charge is 2.25. The van der Waals surface area contributed by atoms with Crippen LogP contribution in [0.4, 0.5) is 0 Å². The number of ether oxygens (including phenoxy) is 1. The molecule has 1 heterocycles. The lowest BCUT2D eigenvalue weighted by atomic mass is 10.1. The van der Waals surface area contributed by atoms with Crippen LogP contribution in [0, 0.1) is 17.2 Å². The zero-order valence-corrected chi connectivity index (χ0v) is 8.42. The number of nitrogens with one attached hydrogen (secondary N) is 1. The van der Waals surface area contributed by atoms with E-state index in [-0.39, 0.29) is 12.1 Å². The van der Waals surface area contributed by atoms with Crippen molar-refractivity contribution < 1.29 is 4.74 Å². The third-order valence-corrected chi connectivity index (χ3v) is 2.22. The summed E-state index contributed by atoms with van der Waals surface area (Å²) >= 11 is 0. The van der Waals surface area contributed by atoms with Gasteiger partial charge in [0.2, 0.25) is 0 Å². The van der Waals surface area contributed by atoms with E-state index in [0.717, 1.165) is 26.0 Å². The molecular formula is C10H18N2O. The lowest BCUT2D eigenvalue weighted by Crippen LogP contribution is -2.40. The van der Waals surface area contributed by atoms with E-state index in [4.69, 9.17) is 10.00 Å². The van der Waals surface area contributed by atoms with E-state index in [0.29, 0.717) is 5.92 Å². The minimum absolute atomic E-state index is 0.115. The minimum Gasteiger partial charge on any atom is -0.375 e. The van der Waals surface area contributed by atoms with Crippen LogP contribution in [0.5, 0.6) is 0 Å². The number of rotatable bonds is 4. The highest BCUT2D eigenvalue weighted by molar-refractivity contribution is 4.97. The number of nitrogens with zero attached hydrogens (tertiary/aromatic N) is 1. The van der Waals surface area contributed by atoms with E-state index in [1.165, 1.54) is 0 Å². The van der Waals surface area contributed by atoms with Gasteiger partial charge in [-0.3, -0.25) is 5.32 Å².